The molecule has 2 rings (SSSR count). The van der Waals surface area contributed by atoms with E-state index < -0.39 is 30.0 Å². The van der Waals surface area contributed by atoms with Crippen LogP contribution in [0.1, 0.15) is 52.4 Å². The van der Waals surface area contributed by atoms with Gasteiger partial charge in [-0.25, -0.2) is 16.8 Å². The van der Waals surface area contributed by atoms with E-state index in [4.69, 9.17) is 11.5 Å². The Morgan fingerprint density at radius 2 is 1.00 bits per heavy atom. The van der Waals surface area contributed by atoms with E-state index in [1.165, 1.54) is 50.7 Å². The average molecular weight is 519 g/mol. The number of nitrogen functional groups attached to an aromatic ring is 2. The van der Waals surface area contributed by atoms with Gasteiger partial charge in [-0.3, -0.25) is 0 Å². The maximum absolute atomic E-state index is 11.3. The van der Waals surface area contributed by atoms with Crippen LogP contribution in [-0.2, 0) is 20.2 Å². The van der Waals surface area contributed by atoms with E-state index in [0.29, 0.717) is 0 Å². The number of rotatable bonds is 9. The number of hydrogen-bond donors (Lipinski definition) is 4. The van der Waals surface area contributed by atoms with Crippen LogP contribution in [0.4, 0.5) is 11.4 Å². The van der Waals surface area contributed by atoms with Crippen LogP contribution >= 0.6 is 0 Å². The molecule has 0 bridgehead atoms. The summed E-state index contributed by atoms with van der Waals surface area (Å²) in [7, 11) is -9.87. The van der Waals surface area contributed by atoms with Gasteiger partial charge < -0.3 is 32.0 Å². The predicted molar refractivity (Wildman–Crippen MR) is 131 cm³/mol. The van der Waals surface area contributed by atoms with E-state index in [0.717, 1.165) is 37.4 Å². The molecule has 2 aromatic carbocycles. The number of benzene rings is 2. The molecular weight excluding hydrogens is 480 g/mol. The average Bonchev–Trinajstić information content (AvgIpc) is 2.76. The molecule has 0 aliphatic carbocycles. The zero-order valence-corrected chi connectivity index (χ0v) is 21.6. The monoisotopic (exact) mass is 518 g/mol. The Kier molecular flexibility index (Phi) is 14.6. The number of unbranched alkanes of at least 4 members (excludes halogenated alkanes) is 4. The molecule has 2 aromatic rings. The summed E-state index contributed by atoms with van der Waals surface area (Å²) in [5, 5.41) is 0. The van der Waals surface area contributed by atoms with Gasteiger partial charge in [-0.2, -0.15) is 0 Å². The van der Waals surface area contributed by atoms with Crippen LogP contribution in [0, 0.1) is 0 Å². The van der Waals surface area contributed by atoms with Crippen molar-refractivity contribution < 1.29 is 37.4 Å². The van der Waals surface area contributed by atoms with Crippen LogP contribution in [0.5, 0.6) is 0 Å². The Hall–Kier alpha value is -2.22. The fraction of sp³-hybridized carbons (Fsp3) is 0.455. The summed E-state index contributed by atoms with van der Waals surface area (Å²) in [5.74, 6) is 0. The van der Waals surface area contributed by atoms with Gasteiger partial charge in [0.1, 0.15) is 20.2 Å². The molecule has 0 fully saturated rings. The summed E-state index contributed by atoms with van der Waals surface area (Å²) in [6.07, 6.45) is 7.94. The third-order valence-corrected chi connectivity index (χ3v) is 6.30. The number of quaternary nitrogens is 2. The Balaban J connectivity index is 0.000000750. The molecule has 0 spiro atoms. The first kappa shape index (κ1) is 31.8. The van der Waals surface area contributed by atoms with E-state index in [2.05, 4.69) is 25.3 Å². The molecule has 0 saturated heterocycles. The lowest BCUT2D eigenvalue weighted by Crippen LogP contribution is -2.50. The zero-order chi connectivity index (χ0) is 26.4. The van der Waals surface area contributed by atoms with Crippen LogP contribution in [0.15, 0.2) is 46.2 Å². The summed E-state index contributed by atoms with van der Waals surface area (Å²) in [6, 6.07) is 6.66. The lowest BCUT2D eigenvalue weighted by Gasteiger charge is -2.18. The molecule has 34 heavy (non-hydrogen) atoms. The SMILES string of the molecule is CCCCC[NH3+].CCCCC[NH3+].Nc1ccc(-c2ccc(N)cc2S(=O)(=O)[O-])c(S(=O)(=O)[O-])c1. The number of nitrogens with two attached hydrogens (primary N) is 2. The lowest BCUT2D eigenvalue weighted by atomic mass is 10.0. The third kappa shape index (κ3) is 11.8. The van der Waals surface area contributed by atoms with Crippen LogP contribution in [0.3, 0.4) is 0 Å². The van der Waals surface area contributed by atoms with Gasteiger partial charge in [0.2, 0.25) is 0 Å². The quantitative estimate of drug-likeness (QED) is 0.213. The van der Waals surface area contributed by atoms with Gasteiger partial charge in [0.15, 0.2) is 0 Å². The van der Waals surface area contributed by atoms with Crippen LogP contribution in [-0.4, -0.2) is 39.0 Å². The van der Waals surface area contributed by atoms with E-state index >= 15 is 0 Å². The van der Waals surface area contributed by atoms with Gasteiger partial charge in [0, 0.05) is 22.5 Å². The molecule has 10 nitrogen and oxygen atoms in total. The van der Waals surface area contributed by atoms with Crippen LogP contribution in [0.2, 0.25) is 0 Å². The molecule has 10 N–H and O–H groups in total. The summed E-state index contributed by atoms with van der Waals surface area (Å²) < 4.78 is 68.1. The minimum absolute atomic E-state index is 0.000139. The first-order chi connectivity index (χ1) is 15.8. The highest BCUT2D eigenvalue weighted by molar-refractivity contribution is 7.86. The Morgan fingerprint density at radius 1 is 0.676 bits per heavy atom. The first-order valence-corrected chi connectivity index (χ1v) is 13.9. The molecule has 0 atom stereocenters. The van der Waals surface area contributed by atoms with Crippen LogP contribution in [0.25, 0.3) is 11.1 Å². The van der Waals surface area contributed by atoms with Gasteiger partial charge in [-0.15, -0.1) is 0 Å². The van der Waals surface area contributed by atoms with Gasteiger partial charge in [-0.1, -0.05) is 38.8 Å². The number of anilines is 2. The first-order valence-electron chi connectivity index (χ1n) is 11.1. The van der Waals surface area contributed by atoms with Crippen molar-refractivity contribution in [2.45, 2.75) is 62.2 Å². The number of hydrogen-bond acceptors (Lipinski definition) is 8. The van der Waals surface area contributed by atoms with E-state index in [-0.39, 0.29) is 22.5 Å². The highest BCUT2D eigenvalue weighted by Gasteiger charge is 2.17. The molecule has 0 unspecified atom stereocenters. The second-order valence-corrected chi connectivity index (χ2v) is 10.2. The second-order valence-electron chi connectivity index (χ2n) is 7.54. The molecule has 0 aliphatic heterocycles. The summed E-state index contributed by atoms with van der Waals surface area (Å²) in [6.45, 7) is 6.62. The summed E-state index contributed by atoms with van der Waals surface area (Å²) in [5.41, 5.74) is 17.9. The van der Waals surface area contributed by atoms with Crippen molar-refractivity contribution in [2.75, 3.05) is 24.6 Å². The fourth-order valence-electron chi connectivity index (χ4n) is 2.79. The smallest absolute Gasteiger partial charge is 0.125 e. The van der Waals surface area contributed by atoms with Crippen molar-refractivity contribution in [3.8, 4) is 11.1 Å². The zero-order valence-electron chi connectivity index (χ0n) is 20.0. The van der Waals surface area contributed by atoms with Gasteiger partial charge in [-0.05, 0) is 49.9 Å². The normalized spacial score (nSPS) is 11.1. The highest BCUT2D eigenvalue weighted by atomic mass is 32.2. The lowest BCUT2D eigenvalue weighted by molar-refractivity contribution is -0.368. The maximum atomic E-state index is 11.3. The van der Waals surface area contributed by atoms with E-state index in [1.807, 2.05) is 0 Å². The molecule has 12 heteroatoms. The minimum atomic E-state index is -4.93. The third-order valence-electron chi connectivity index (χ3n) is 4.55. The predicted octanol–water partition coefficient (Wildman–Crippen LogP) is 1.16. The van der Waals surface area contributed by atoms with Crippen molar-refractivity contribution in [2.24, 2.45) is 0 Å². The Bertz CT molecular complexity index is 995. The molecular formula is C22H38N4O6S2. The molecule has 0 amide bonds. The van der Waals surface area contributed by atoms with Crippen molar-refractivity contribution in [3.63, 3.8) is 0 Å². The molecule has 194 valence electrons. The van der Waals surface area contributed by atoms with Crippen LogP contribution < -0.4 is 22.9 Å². The molecule has 0 radical (unpaired) electrons. The molecule has 0 saturated carbocycles. The molecule has 0 heterocycles. The fourth-order valence-corrected chi connectivity index (χ4v) is 4.25. The molecule has 0 aliphatic rings. The minimum Gasteiger partial charge on any atom is -0.744 e. The van der Waals surface area contributed by atoms with Gasteiger partial charge in [0.05, 0.1) is 22.9 Å². The second kappa shape index (κ2) is 15.6. The summed E-state index contributed by atoms with van der Waals surface area (Å²) in [4.78, 5) is -1.44. The van der Waals surface area contributed by atoms with Gasteiger partial charge in [0.25, 0.3) is 0 Å². The topological polar surface area (TPSA) is 222 Å². The largest absolute Gasteiger partial charge is 0.744 e. The van der Waals surface area contributed by atoms with Crippen molar-refractivity contribution >= 4 is 31.6 Å². The Morgan fingerprint density at radius 3 is 1.21 bits per heavy atom. The molecule has 0 aromatic heterocycles. The summed E-state index contributed by atoms with van der Waals surface area (Å²) >= 11 is 0. The highest BCUT2D eigenvalue weighted by Crippen LogP contribution is 2.34. The maximum Gasteiger partial charge on any atom is 0.125 e. The van der Waals surface area contributed by atoms with Crippen molar-refractivity contribution in [1.82, 2.24) is 0 Å². The van der Waals surface area contributed by atoms with Gasteiger partial charge >= 0.3 is 0 Å². The van der Waals surface area contributed by atoms with E-state index in [9.17, 15) is 25.9 Å². The van der Waals surface area contributed by atoms with E-state index in [1.54, 1.807) is 0 Å². The van der Waals surface area contributed by atoms with Crippen molar-refractivity contribution in [1.29, 1.82) is 0 Å². The standard InChI is InChI=1S/C12H12N2O6S2.2C5H13N/c13-7-1-3-9(11(5-7)21(15,16)17)10-4-2-8(14)6-12(10)22(18,19)20;2*1-2-3-4-5-6/h1-6H,13-14H2,(H,15,16,17)(H,18,19,20);2*2-6H2,1H3. The van der Waals surface area contributed by atoms with Crippen molar-refractivity contribution in [3.05, 3.63) is 36.4 Å². The Labute approximate surface area is 203 Å².